The molecule has 3 heteroatoms. The van der Waals surface area contributed by atoms with E-state index in [1.54, 1.807) is 0 Å². The third-order valence-corrected chi connectivity index (χ3v) is 1.85. The van der Waals surface area contributed by atoms with Crippen LogP contribution in [0, 0.1) is 0 Å². The molecule has 0 aromatic carbocycles. The van der Waals surface area contributed by atoms with Crippen LogP contribution >= 0.6 is 22.6 Å². The number of hydrogen-bond donors (Lipinski definition) is 1. The van der Waals surface area contributed by atoms with Gasteiger partial charge in [-0.05, 0) is 6.92 Å². The van der Waals surface area contributed by atoms with Crippen LogP contribution in [-0.4, -0.2) is 28.9 Å². The van der Waals surface area contributed by atoms with Crippen molar-refractivity contribution in [1.29, 1.82) is 0 Å². The van der Waals surface area contributed by atoms with Gasteiger partial charge >= 0.3 is 0 Å². The van der Waals surface area contributed by atoms with Crippen molar-refractivity contribution in [3.8, 4) is 0 Å². The minimum Gasteiger partial charge on any atom is -0.390 e. The zero-order chi connectivity index (χ0) is 7.98. The van der Waals surface area contributed by atoms with Crippen molar-refractivity contribution in [3.63, 3.8) is 0 Å². The smallest absolute Gasteiger partial charge is 0.0862 e. The lowest BCUT2D eigenvalue weighted by Gasteiger charge is -2.06. The first kappa shape index (κ1) is 10.4. The fraction of sp³-hybridized carbons (Fsp3) is 0.714. The highest BCUT2D eigenvalue weighted by molar-refractivity contribution is 14.1. The van der Waals surface area contributed by atoms with Gasteiger partial charge in [-0.2, -0.15) is 0 Å². The van der Waals surface area contributed by atoms with Crippen LogP contribution in [0.5, 0.6) is 0 Å². The van der Waals surface area contributed by atoms with Gasteiger partial charge in [0.25, 0.3) is 0 Å². The molecule has 0 aromatic rings. The normalized spacial score (nSPS) is 13.1. The van der Waals surface area contributed by atoms with E-state index in [1.165, 1.54) is 0 Å². The molecule has 0 saturated heterocycles. The quantitative estimate of drug-likeness (QED) is 0.457. The molecule has 1 unspecified atom stereocenters. The van der Waals surface area contributed by atoms with Crippen LogP contribution in [0.25, 0.3) is 0 Å². The molecule has 0 rings (SSSR count). The zero-order valence-electron chi connectivity index (χ0n) is 6.14. The van der Waals surface area contributed by atoms with Crippen molar-refractivity contribution in [3.05, 3.63) is 12.2 Å². The van der Waals surface area contributed by atoms with Crippen LogP contribution in [-0.2, 0) is 4.74 Å². The number of alkyl halides is 1. The maximum absolute atomic E-state index is 9.01. The summed E-state index contributed by atoms with van der Waals surface area (Å²) in [6, 6.07) is 0. The molecule has 0 aliphatic rings. The Morgan fingerprint density at radius 1 is 1.80 bits per heavy atom. The summed E-state index contributed by atoms with van der Waals surface area (Å²) in [7, 11) is 0. The van der Waals surface area contributed by atoms with Crippen LogP contribution in [0.4, 0.5) is 0 Å². The van der Waals surface area contributed by atoms with E-state index < -0.39 is 0 Å². The summed E-state index contributed by atoms with van der Waals surface area (Å²) in [4.78, 5) is 0. The first-order valence-electron chi connectivity index (χ1n) is 3.13. The van der Waals surface area contributed by atoms with E-state index in [1.807, 2.05) is 6.92 Å². The molecule has 1 atom stereocenters. The monoisotopic (exact) mass is 256 g/mol. The van der Waals surface area contributed by atoms with Gasteiger partial charge in [0.15, 0.2) is 0 Å². The van der Waals surface area contributed by atoms with Gasteiger partial charge in [0.1, 0.15) is 0 Å². The minimum atomic E-state index is -0.333. The van der Waals surface area contributed by atoms with Gasteiger partial charge < -0.3 is 9.84 Å². The van der Waals surface area contributed by atoms with E-state index in [9.17, 15) is 0 Å². The SMILES string of the molecule is C=C(C)COCC(O)CI. The summed E-state index contributed by atoms with van der Waals surface area (Å²) >= 11 is 2.12. The van der Waals surface area contributed by atoms with Crippen molar-refractivity contribution < 1.29 is 9.84 Å². The van der Waals surface area contributed by atoms with Gasteiger partial charge in [-0.15, -0.1) is 0 Å². The van der Waals surface area contributed by atoms with Gasteiger partial charge in [-0.1, -0.05) is 34.7 Å². The number of aliphatic hydroxyl groups is 1. The molecule has 0 saturated carbocycles. The Kier molecular flexibility index (Phi) is 6.36. The molecule has 0 spiro atoms. The minimum absolute atomic E-state index is 0.333. The fourth-order valence-electron chi connectivity index (χ4n) is 0.414. The van der Waals surface area contributed by atoms with Gasteiger partial charge in [0.05, 0.1) is 19.3 Å². The molecule has 2 nitrogen and oxygen atoms in total. The average Bonchev–Trinajstić information content (AvgIpc) is 1.87. The first-order valence-corrected chi connectivity index (χ1v) is 4.65. The lowest BCUT2D eigenvalue weighted by molar-refractivity contribution is 0.0612. The molecule has 60 valence electrons. The number of aliphatic hydroxyl groups excluding tert-OH is 1. The van der Waals surface area contributed by atoms with Crippen LogP contribution in [0.15, 0.2) is 12.2 Å². The fourth-order valence-corrected chi connectivity index (χ4v) is 0.668. The molecule has 1 N–H and O–H groups in total. The zero-order valence-corrected chi connectivity index (χ0v) is 8.30. The highest BCUT2D eigenvalue weighted by atomic mass is 127. The summed E-state index contributed by atoms with van der Waals surface area (Å²) in [5, 5.41) is 9.01. The van der Waals surface area contributed by atoms with Crippen molar-refractivity contribution in [2.45, 2.75) is 13.0 Å². The van der Waals surface area contributed by atoms with E-state index in [0.29, 0.717) is 17.6 Å². The topological polar surface area (TPSA) is 29.5 Å². The molecule has 0 heterocycles. The third-order valence-electron chi connectivity index (χ3n) is 0.837. The number of hydrogen-bond acceptors (Lipinski definition) is 2. The molecule has 0 aliphatic carbocycles. The van der Waals surface area contributed by atoms with Gasteiger partial charge in [0, 0.05) is 4.43 Å². The summed E-state index contributed by atoms with van der Waals surface area (Å²) in [6.45, 7) is 6.53. The number of halogens is 1. The molecular formula is C7H13IO2. The molecule has 0 amide bonds. The molecule has 0 aromatic heterocycles. The van der Waals surface area contributed by atoms with E-state index in [-0.39, 0.29) is 6.10 Å². The van der Waals surface area contributed by atoms with Crippen LogP contribution in [0.2, 0.25) is 0 Å². The predicted octanol–water partition coefficient (Wildman–Crippen LogP) is 1.38. The van der Waals surface area contributed by atoms with E-state index >= 15 is 0 Å². The van der Waals surface area contributed by atoms with Crippen LogP contribution in [0.1, 0.15) is 6.92 Å². The highest BCUT2D eigenvalue weighted by Gasteiger charge is 1.99. The Bertz CT molecular complexity index is 104. The highest BCUT2D eigenvalue weighted by Crippen LogP contribution is 1.94. The van der Waals surface area contributed by atoms with Crippen molar-refractivity contribution >= 4 is 22.6 Å². The van der Waals surface area contributed by atoms with E-state index in [0.717, 1.165) is 5.57 Å². The van der Waals surface area contributed by atoms with Crippen LogP contribution < -0.4 is 0 Å². The maximum Gasteiger partial charge on any atom is 0.0862 e. The Morgan fingerprint density at radius 2 is 2.40 bits per heavy atom. The van der Waals surface area contributed by atoms with E-state index in [2.05, 4.69) is 29.2 Å². The lowest BCUT2D eigenvalue weighted by atomic mass is 10.4. The number of rotatable bonds is 5. The van der Waals surface area contributed by atoms with Gasteiger partial charge in [-0.25, -0.2) is 0 Å². The van der Waals surface area contributed by atoms with Crippen LogP contribution in [0.3, 0.4) is 0 Å². The Morgan fingerprint density at radius 3 is 2.80 bits per heavy atom. The van der Waals surface area contributed by atoms with Crippen molar-refractivity contribution in [2.24, 2.45) is 0 Å². The molecule has 0 bridgehead atoms. The summed E-state index contributed by atoms with van der Waals surface area (Å²) in [5.74, 6) is 0. The summed E-state index contributed by atoms with van der Waals surface area (Å²) in [6.07, 6.45) is -0.333. The predicted molar refractivity (Wildman–Crippen MR) is 50.5 cm³/mol. The molecular weight excluding hydrogens is 243 g/mol. The second-order valence-corrected chi connectivity index (χ2v) is 3.16. The average molecular weight is 256 g/mol. The Balaban J connectivity index is 3.11. The van der Waals surface area contributed by atoms with Crippen molar-refractivity contribution in [2.75, 3.05) is 17.6 Å². The Labute approximate surface area is 75.4 Å². The molecule has 10 heavy (non-hydrogen) atoms. The summed E-state index contributed by atoms with van der Waals surface area (Å²) in [5.41, 5.74) is 0.987. The largest absolute Gasteiger partial charge is 0.390 e. The van der Waals surface area contributed by atoms with Crippen molar-refractivity contribution in [1.82, 2.24) is 0 Å². The maximum atomic E-state index is 9.01. The Hall–Kier alpha value is 0.390. The van der Waals surface area contributed by atoms with Gasteiger partial charge in [0.2, 0.25) is 0 Å². The number of ether oxygens (including phenoxy) is 1. The molecule has 0 radical (unpaired) electrons. The van der Waals surface area contributed by atoms with Gasteiger partial charge in [-0.3, -0.25) is 0 Å². The summed E-state index contributed by atoms with van der Waals surface area (Å²) < 4.78 is 5.81. The third kappa shape index (κ3) is 6.51. The standard InChI is InChI=1S/C7H13IO2/c1-6(2)4-10-5-7(9)3-8/h7,9H,1,3-5H2,2H3. The molecule has 0 aliphatic heterocycles. The lowest BCUT2D eigenvalue weighted by Crippen LogP contribution is -2.16. The van der Waals surface area contributed by atoms with E-state index in [4.69, 9.17) is 9.84 Å². The second kappa shape index (κ2) is 6.12. The second-order valence-electron chi connectivity index (χ2n) is 2.28. The molecule has 0 fully saturated rings. The first-order chi connectivity index (χ1) is 4.66.